The Kier molecular flexibility index (Phi) is 5.39. The Bertz CT molecular complexity index is 853. The van der Waals surface area contributed by atoms with Crippen LogP contribution in [-0.4, -0.2) is 10.9 Å². The van der Waals surface area contributed by atoms with Crippen molar-refractivity contribution in [2.45, 2.75) is 38.5 Å². The molecule has 0 fully saturated rings. The summed E-state index contributed by atoms with van der Waals surface area (Å²) in [6.45, 7) is 2.17. The Balaban J connectivity index is 1.89. The molecule has 1 amide bonds. The lowest BCUT2D eigenvalue weighted by molar-refractivity contribution is -0.117. The average Bonchev–Trinajstić information content (AvgIpc) is 3.04. The molecular weight excluding hydrogens is 310 g/mol. The van der Waals surface area contributed by atoms with Crippen molar-refractivity contribution in [1.82, 2.24) is 4.98 Å². The second-order valence-electron chi connectivity index (χ2n) is 6.41. The molecule has 1 heterocycles. The van der Waals surface area contributed by atoms with Crippen LogP contribution in [0.3, 0.4) is 0 Å². The van der Waals surface area contributed by atoms with Gasteiger partial charge in [0.1, 0.15) is 0 Å². The molecule has 0 aliphatic rings. The molecule has 1 aromatic heterocycles. The van der Waals surface area contributed by atoms with Gasteiger partial charge in [0.2, 0.25) is 5.91 Å². The lowest BCUT2D eigenvalue weighted by atomic mass is 9.92. The SMILES string of the molecule is CCCCCC(C(=O)Nc1ccccc1N)c1c[nH]c2ccccc12. The Morgan fingerprint density at radius 2 is 1.88 bits per heavy atom. The third kappa shape index (κ3) is 3.85. The van der Waals surface area contributed by atoms with E-state index in [1.54, 1.807) is 6.07 Å². The van der Waals surface area contributed by atoms with Crippen LogP contribution in [0.4, 0.5) is 11.4 Å². The molecule has 4 N–H and O–H groups in total. The van der Waals surface area contributed by atoms with E-state index in [9.17, 15) is 4.79 Å². The van der Waals surface area contributed by atoms with Gasteiger partial charge in [-0.15, -0.1) is 0 Å². The maximum atomic E-state index is 13.0. The molecule has 0 aliphatic heterocycles. The predicted molar refractivity (Wildman–Crippen MR) is 105 cm³/mol. The molecule has 4 heteroatoms. The summed E-state index contributed by atoms with van der Waals surface area (Å²) in [7, 11) is 0. The van der Waals surface area contributed by atoms with Crippen LogP contribution in [0.25, 0.3) is 10.9 Å². The Morgan fingerprint density at radius 1 is 1.12 bits per heavy atom. The van der Waals surface area contributed by atoms with Gasteiger partial charge in [-0.25, -0.2) is 0 Å². The van der Waals surface area contributed by atoms with Crippen molar-refractivity contribution in [3.63, 3.8) is 0 Å². The highest BCUT2D eigenvalue weighted by atomic mass is 16.1. The number of aromatic nitrogens is 1. The molecule has 0 saturated heterocycles. The number of nitrogens with one attached hydrogen (secondary N) is 2. The molecule has 0 saturated carbocycles. The van der Waals surface area contributed by atoms with Gasteiger partial charge in [0.25, 0.3) is 0 Å². The van der Waals surface area contributed by atoms with Gasteiger partial charge in [0, 0.05) is 17.1 Å². The van der Waals surface area contributed by atoms with Gasteiger partial charge in [-0.1, -0.05) is 56.5 Å². The standard InChI is InChI=1S/C21H25N3O/c1-2-3-4-10-16(17-14-23-19-12-7-5-9-15(17)19)21(25)24-20-13-8-6-11-18(20)22/h5-9,11-14,16,23H,2-4,10,22H2,1H3,(H,24,25). The van der Waals surface area contributed by atoms with Crippen molar-refractivity contribution in [2.75, 3.05) is 11.1 Å². The van der Waals surface area contributed by atoms with Crippen LogP contribution >= 0.6 is 0 Å². The fraction of sp³-hybridized carbons (Fsp3) is 0.286. The number of fused-ring (bicyclic) bond motifs is 1. The van der Waals surface area contributed by atoms with E-state index < -0.39 is 0 Å². The van der Waals surface area contributed by atoms with E-state index in [0.717, 1.165) is 42.1 Å². The quantitative estimate of drug-likeness (QED) is 0.417. The van der Waals surface area contributed by atoms with Crippen LogP contribution in [0.15, 0.2) is 54.7 Å². The number of carbonyl (C=O) groups is 1. The van der Waals surface area contributed by atoms with E-state index in [4.69, 9.17) is 5.73 Å². The van der Waals surface area contributed by atoms with Crippen LogP contribution in [0.1, 0.15) is 44.1 Å². The van der Waals surface area contributed by atoms with Crippen LogP contribution in [0, 0.1) is 0 Å². The first-order chi connectivity index (χ1) is 12.2. The maximum Gasteiger partial charge on any atom is 0.232 e. The van der Waals surface area contributed by atoms with Gasteiger partial charge >= 0.3 is 0 Å². The van der Waals surface area contributed by atoms with Crippen molar-refractivity contribution < 1.29 is 4.79 Å². The molecule has 1 unspecified atom stereocenters. The largest absolute Gasteiger partial charge is 0.397 e. The molecule has 25 heavy (non-hydrogen) atoms. The van der Waals surface area contributed by atoms with Crippen molar-refractivity contribution in [3.05, 3.63) is 60.3 Å². The molecule has 1 atom stereocenters. The highest BCUT2D eigenvalue weighted by Crippen LogP contribution is 2.31. The number of aromatic amines is 1. The van der Waals surface area contributed by atoms with E-state index in [2.05, 4.69) is 23.3 Å². The molecule has 0 radical (unpaired) electrons. The molecule has 3 rings (SSSR count). The predicted octanol–water partition coefficient (Wildman–Crippen LogP) is 5.05. The minimum absolute atomic E-state index is 0.00115. The van der Waals surface area contributed by atoms with Crippen molar-refractivity contribution in [2.24, 2.45) is 0 Å². The number of hydrogen-bond donors (Lipinski definition) is 3. The number of unbranched alkanes of at least 4 members (excludes halogenated alkanes) is 2. The van der Waals surface area contributed by atoms with E-state index >= 15 is 0 Å². The van der Waals surface area contributed by atoms with Gasteiger partial charge in [-0.2, -0.15) is 0 Å². The zero-order chi connectivity index (χ0) is 17.6. The highest BCUT2D eigenvalue weighted by Gasteiger charge is 2.23. The minimum atomic E-state index is -0.192. The molecule has 130 valence electrons. The second-order valence-corrected chi connectivity index (χ2v) is 6.41. The summed E-state index contributed by atoms with van der Waals surface area (Å²) in [5, 5.41) is 4.12. The molecule has 4 nitrogen and oxygen atoms in total. The number of anilines is 2. The monoisotopic (exact) mass is 335 g/mol. The van der Waals surface area contributed by atoms with Crippen LogP contribution in [-0.2, 0) is 4.79 Å². The summed E-state index contributed by atoms with van der Waals surface area (Å²) >= 11 is 0. The minimum Gasteiger partial charge on any atom is -0.397 e. The normalized spacial score (nSPS) is 12.2. The third-order valence-electron chi connectivity index (χ3n) is 4.63. The van der Waals surface area contributed by atoms with E-state index in [1.807, 2.05) is 42.6 Å². The number of nitrogen functional groups attached to an aromatic ring is 1. The van der Waals surface area contributed by atoms with Gasteiger partial charge < -0.3 is 16.0 Å². The van der Waals surface area contributed by atoms with Crippen molar-refractivity contribution in [3.8, 4) is 0 Å². The number of amides is 1. The van der Waals surface area contributed by atoms with Gasteiger partial charge in [0.05, 0.1) is 17.3 Å². The smallest absolute Gasteiger partial charge is 0.232 e. The Labute approximate surface area is 148 Å². The van der Waals surface area contributed by atoms with Crippen LogP contribution in [0.5, 0.6) is 0 Å². The number of H-pyrrole nitrogens is 1. The summed E-state index contributed by atoms with van der Waals surface area (Å²) < 4.78 is 0. The summed E-state index contributed by atoms with van der Waals surface area (Å²) in [6.07, 6.45) is 6.08. The molecule has 0 bridgehead atoms. The molecule has 3 aromatic rings. The number of hydrogen-bond acceptors (Lipinski definition) is 2. The summed E-state index contributed by atoms with van der Waals surface area (Å²) in [6, 6.07) is 15.5. The van der Waals surface area contributed by atoms with Crippen LogP contribution in [0.2, 0.25) is 0 Å². The first-order valence-corrected chi connectivity index (χ1v) is 8.92. The summed E-state index contributed by atoms with van der Waals surface area (Å²) in [4.78, 5) is 16.3. The molecule has 0 aliphatic carbocycles. The maximum absolute atomic E-state index is 13.0. The van der Waals surface area contributed by atoms with Gasteiger partial charge in [0.15, 0.2) is 0 Å². The lowest BCUT2D eigenvalue weighted by Gasteiger charge is -2.17. The Morgan fingerprint density at radius 3 is 2.68 bits per heavy atom. The van der Waals surface area contributed by atoms with Crippen molar-refractivity contribution >= 4 is 28.2 Å². The average molecular weight is 335 g/mol. The first-order valence-electron chi connectivity index (χ1n) is 8.92. The Hall–Kier alpha value is -2.75. The van der Waals surface area contributed by atoms with E-state index in [0.29, 0.717) is 11.4 Å². The van der Waals surface area contributed by atoms with Gasteiger partial charge in [-0.05, 0) is 30.2 Å². The topological polar surface area (TPSA) is 70.9 Å². The van der Waals surface area contributed by atoms with Crippen LogP contribution < -0.4 is 11.1 Å². The number of carbonyl (C=O) groups excluding carboxylic acids is 1. The zero-order valence-electron chi connectivity index (χ0n) is 14.6. The third-order valence-corrected chi connectivity index (χ3v) is 4.63. The fourth-order valence-electron chi connectivity index (χ4n) is 3.24. The van der Waals surface area contributed by atoms with Crippen molar-refractivity contribution in [1.29, 1.82) is 0 Å². The molecular formula is C21H25N3O. The number of nitrogens with two attached hydrogens (primary N) is 1. The number of para-hydroxylation sites is 3. The highest BCUT2D eigenvalue weighted by molar-refractivity contribution is 6.00. The first kappa shape index (κ1) is 17.1. The van der Waals surface area contributed by atoms with Gasteiger partial charge in [-0.3, -0.25) is 4.79 Å². The fourth-order valence-corrected chi connectivity index (χ4v) is 3.24. The number of benzene rings is 2. The van der Waals surface area contributed by atoms with E-state index in [1.165, 1.54) is 0 Å². The molecule has 2 aromatic carbocycles. The molecule has 0 spiro atoms. The number of rotatable bonds is 7. The zero-order valence-corrected chi connectivity index (χ0v) is 14.6. The second kappa shape index (κ2) is 7.88. The summed E-state index contributed by atoms with van der Waals surface area (Å²) in [5.74, 6) is -0.193. The van der Waals surface area contributed by atoms with E-state index in [-0.39, 0.29) is 11.8 Å². The lowest BCUT2D eigenvalue weighted by Crippen LogP contribution is -2.21. The summed E-state index contributed by atoms with van der Waals surface area (Å²) in [5.41, 5.74) is 9.35.